The second-order valence-corrected chi connectivity index (χ2v) is 6.67. The number of halogens is 2. The van der Waals surface area contributed by atoms with Crippen LogP contribution in [0.3, 0.4) is 0 Å². The molecule has 0 aromatic heterocycles. The largest absolute Gasteiger partial charge is 0.492 e. The third kappa shape index (κ3) is 3.31. The van der Waals surface area contributed by atoms with Crippen LogP contribution in [-0.2, 0) is 0 Å². The molecule has 5 heteroatoms. The van der Waals surface area contributed by atoms with Crippen LogP contribution in [0.25, 0.3) is 0 Å². The van der Waals surface area contributed by atoms with Crippen LogP contribution in [0.1, 0.15) is 37.8 Å². The van der Waals surface area contributed by atoms with E-state index >= 15 is 0 Å². The molecule has 0 spiro atoms. The Morgan fingerprint density at radius 3 is 3.00 bits per heavy atom. The van der Waals surface area contributed by atoms with Crippen LogP contribution in [0.4, 0.5) is 0 Å². The Bertz CT molecular complexity index is 509. The first-order valence-corrected chi connectivity index (χ1v) is 8.53. The summed E-state index contributed by atoms with van der Waals surface area (Å²) >= 11 is 12.4. The standard InChI is InChI=1S/C16H22Cl2N2O/c1-2-20-6-3-4-12(20)10-19-15-5-7-21-16-13(15)8-11(17)9-14(16)18/h8-9,12,15,19H,2-7,10H2,1H3. The van der Waals surface area contributed by atoms with E-state index in [0.29, 0.717) is 22.7 Å². The summed E-state index contributed by atoms with van der Waals surface area (Å²) in [5.41, 5.74) is 1.10. The molecule has 0 aliphatic carbocycles. The van der Waals surface area contributed by atoms with Gasteiger partial charge >= 0.3 is 0 Å². The zero-order valence-corrected chi connectivity index (χ0v) is 13.9. The van der Waals surface area contributed by atoms with E-state index in [9.17, 15) is 0 Å². The number of hydrogen-bond donors (Lipinski definition) is 1. The monoisotopic (exact) mass is 328 g/mol. The SMILES string of the molecule is CCN1CCCC1CNC1CCOc2c(Cl)cc(Cl)cc21. The maximum absolute atomic E-state index is 6.24. The Hall–Kier alpha value is -0.480. The zero-order valence-electron chi connectivity index (χ0n) is 12.4. The molecule has 0 bridgehead atoms. The summed E-state index contributed by atoms with van der Waals surface area (Å²) in [5, 5.41) is 4.98. The number of nitrogens with zero attached hydrogens (tertiary/aromatic N) is 1. The lowest BCUT2D eigenvalue weighted by molar-refractivity contribution is 0.226. The summed E-state index contributed by atoms with van der Waals surface area (Å²) < 4.78 is 5.71. The van der Waals surface area contributed by atoms with Gasteiger partial charge < -0.3 is 10.1 Å². The highest BCUT2D eigenvalue weighted by molar-refractivity contribution is 6.35. The van der Waals surface area contributed by atoms with Gasteiger partial charge in [0.15, 0.2) is 0 Å². The fourth-order valence-corrected chi connectivity index (χ4v) is 4.02. The van der Waals surface area contributed by atoms with Gasteiger partial charge in [-0.3, -0.25) is 4.90 Å². The topological polar surface area (TPSA) is 24.5 Å². The van der Waals surface area contributed by atoms with Crippen LogP contribution in [0.15, 0.2) is 12.1 Å². The highest BCUT2D eigenvalue weighted by Gasteiger charge is 2.27. The molecule has 1 aromatic carbocycles. The molecule has 2 aliphatic heterocycles. The molecule has 116 valence electrons. The second-order valence-electron chi connectivity index (χ2n) is 5.83. The van der Waals surface area contributed by atoms with Crippen molar-refractivity contribution in [2.75, 3.05) is 26.2 Å². The first-order valence-electron chi connectivity index (χ1n) is 7.78. The van der Waals surface area contributed by atoms with Crippen LogP contribution in [0.5, 0.6) is 5.75 Å². The minimum Gasteiger partial charge on any atom is -0.492 e. The van der Waals surface area contributed by atoms with E-state index in [1.165, 1.54) is 19.4 Å². The van der Waals surface area contributed by atoms with Crippen LogP contribution in [0.2, 0.25) is 10.0 Å². The molecule has 0 saturated carbocycles. The average Bonchev–Trinajstić information content (AvgIpc) is 2.92. The summed E-state index contributed by atoms with van der Waals surface area (Å²) in [6, 6.07) is 4.66. The Morgan fingerprint density at radius 2 is 2.19 bits per heavy atom. The maximum atomic E-state index is 6.24. The third-order valence-corrected chi connectivity index (χ3v) is 5.07. The number of benzene rings is 1. The predicted octanol–water partition coefficient (Wildman–Crippen LogP) is 3.89. The average molecular weight is 329 g/mol. The first-order chi connectivity index (χ1) is 10.2. The van der Waals surface area contributed by atoms with Gasteiger partial charge in [-0.05, 0) is 38.1 Å². The molecule has 0 radical (unpaired) electrons. The normalized spacial score (nSPS) is 25.7. The van der Waals surface area contributed by atoms with Gasteiger partial charge in [-0.25, -0.2) is 0 Å². The summed E-state index contributed by atoms with van der Waals surface area (Å²) in [5.74, 6) is 0.795. The molecule has 2 heterocycles. The fraction of sp³-hybridized carbons (Fsp3) is 0.625. The Kier molecular flexibility index (Phi) is 4.95. The van der Waals surface area contributed by atoms with Crippen molar-refractivity contribution >= 4 is 23.2 Å². The number of rotatable bonds is 4. The van der Waals surface area contributed by atoms with Gasteiger partial charge in [0.2, 0.25) is 0 Å². The van der Waals surface area contributed by atoms with Crippen LogP contribution in [0, 0.1) is 0 Å². The molecule has 1 fully saturated rings. The van der Waals surface area contributed by atoms with Gasteiger partial charge in [0.1, 0.15) is 5.75 Å². The minimum atomic E-state index is 0.282. The van der Waals surface area contributed by atoms with E-state index in [4.69, 9.17) is 27.9 Å². The van der Waals surface area contributed by atoms with E-state index in [1.807, 2.05) is 6.07 Å². The lowest BCUT2D eigenvalue weighted by Gasteiger charge is -2.30. The van der Waals surface area contributed by atoms with Crippen molar-refractivity contribution in [1.29, 1.82) is 0 Å². The van der Waals surface area contributed by atoms with Crippen LogP contribution in [-0.4, -0.2) is 37.2 Å². The number of nitrogens with one attached hydrogen (secondary N) is 1. The summed E-state index contributed by atoms with van der Waals surface area (Å²) in [7, 11) is 0. The van der Waals surface area contributed by atoms with Gasteiger partial charge in [-0.1, -0.05) is 30.1 Å². The van der Waals surface area contributed by atoms with E-state index < -0.39 is 0 Å². The van der Waals surface area contributed by atoms with Crippen LogP contribution < -0.4 is 10.1 Å². The molecule has 3 nitrogen and oxygen atoms in total. The quantitative estimate of drug-likeness (QED) is 0.907. The molecule has 1 aromatic rings. The molecule has 2 unspecified atom stereocenters. The van der Waals surface area contributed by atoms with E-state index in [-0.39, 0.29) is 6.04 Å². The number of likely N-dealkylation sites (N-methyl/N-ethyl adjacent to an activating group) is 1. The van der Waals surface area contributed by atoms with Crippen molar-refractivity contribution in [3.8, 4) is 5.75 Å². The number of fused-ring (bicyclic) bond motifs is 1. The zero-order chi connectivity index (χ0) is 14.8. The predicted molar refractivity (Wildman–Crippen MR) is 87.6 cm³/mol. The van der Waals surface area contributed by atoms with E-state index in [2.05, 4.69) is 17.1 Å². The Balaban J connectivity index is 1.70. The molecule has 1 saturated heterocycles. The van der Waals surface area contributed by atoms with Crippen molar-refractivity contribution in [1.82, 2.24) is 10.2 Å². The van der Waals surface area contributed by atoms with E-state index in [1.54, 1.807) is 6.07 Å². The van der Waals surface area contributed by atoms with Crippen molar-refractivity contribution in [3.05, 3.63) is 27.7 Å². The van der Waals surface area contributed by atoms with Gasteiger partial charge in [0.25, 0.3) is 0 Å². The van der Waals surface area contributed by atoms with E-state index in [0.717, 1.165) is 30.8 Å². The van der Waals surface area contributed by atoms with Gasteiger partial charge in [0.05, 0.1) is 11.6 Å². The molecule has 3 rings (SSSR count). The smallest absolute Gasteiger partial charge is 0.142 e. The van der Waals surface area contributed by atoms with Crippen molar-refractivity contribution < 1.29 is 4.74 Å². The summed E-state index contributed by atoms with van der Waals surface area (Å²) in [4.78, 5) is 2.55. The molecular weight excluding hydrogens is 307 g/mol. The fourth-order valence-electron chi connectivity index (χ4n) is 3.46. The Labute approximate surface area is 136 Å². The summed E-state index contributed by atoms with van der Waals surface area (Å²) in [6.07, 6.45) is 3.55. The third-order valence-electron chi connectivity index (χ3n) is 4.57. The molecule has 21 heavy (non-hydrogen) atoms. The number of ether oxygens (including phenoxy) is 1. The molecular formula is C16H22Cl2N2O. The van der Waals surface area contributed by atoms with Crippen molar-refractivity contribution in [2.24, 2.45) is 0 Å². The first kappa shape index (κ1) is 15.4. The van der Waals surface area contributed by atoms with Crippen molar-refractivity contribution in [2.45, 2.75) is 38.3 Å². The Morgan fingerprint density at radius 1 is 1.33 bits per heavy atom. The lowest BCUT2D eigenvalue weighted by atomic mass is 10.00. The van der Waals surface area contributed by atoms with Crippen LogP contribution >= 0.6 is 23.2 Å². The molecule has 2 aliphatic rings. The highest BCUT2D eigenvalue weighted by atomic mass is 35.5. The van der Waals surface area contributed by atoms with Gasteiger partial charge in [-0.2, -0.15) is 0 Å². The molecule has 1 N–H and O–H groups in total. The maximum Gasteiger partial charge on any atom is 0.142 e. The molecule has 0 amide bonds. The number of hydrogen-bond acceptors (Lipinski definition) is 3. The van der Waals surface area contributed by atoms with Gasteiger partial charge in [-0.15, -0.1) is 0 Å². The van der Waals surface area contributed by atoms with Crippen molar-refractivity contribution in [3.63, 3.8) is 0 Å². The van der Waals surface area contributed by atoms with Gasteiger partial charge in [0, 0.05) is 35.6 Å². The highest BCUT2D eigenvalue weighted by Crippen LogP contribution is 2.40. The molecule has 2 atom stereocenters. The minimum absolute atomic E-state index is 0.282. The number of likely N-dealkylation sites (tertiary alicyclic amines) is 1. The second kappa shape index (κ2) is 6.74. The summed E-state index contributed by atoms with van der Waals surface area (Å²) in [6.45, 7) is 6.32. The lowest BCUT2D eigenvalue weighted by Crippen LogP contribution is -2.40.